The first kappa shape index (κ1) is 8.47. The molecule has 0 saturated heterocycles. The van der Waals surface area contributed by atoms with Gasteiger partial charge in [0, 0.05) is 12.5 Å². The van der Waals surface area contributed by atoms with E-state index in [4.69, 9.17) is 0 Å². The third-order valence-electron chi connectivity index (χ3n) is 1.35. The van der Waals surface area contributed by atoms with Gasteiger partial charge in [0.1, 0.15) is 0 Å². The molecule has 0 aliphatic rings. The molecule has 1 N–H and O–H groups in total. The summed E-state index contributed by atoms with van der Waals surface area (Å²) >= 11 is 0. The van der Waals surface area contributed by atoms with Crippen molar-refractivity contribution in [2.75, 3.05) is 0 Å². The van der Waals surface area contributed by atoms with Gasteiger partial charge in [-0.15, -0.1) is 0 Å². The standard InChI is InChI=1S/C7H14NO/c1-4-6(3)7(9)8-5-2/h5-6H,4H2,1-3H3,(H,8,9). The number of rotatable bonds is 3. The first-order valence-corrected chi connectivity index (χ1v) is 3.30. The molecule has 0 aliphatic carbocycles. The SMILES string of the molecule is C[CH]NC(=O)C(C)CC. The van der Waals surface area contributed by atoms with E-state index in [0.29, 0.717) is 0 Å². The van der Waals surface area contributed by atoms with Crippen LogP contribution in [0, 0.1) is 12.5 Å². The van der Waals surface area contributed by atoms with E-state index < -0.39 is 0 Å². The van der Waals surface area contributed by atoms with Gasteiger partial charge >= 0.3 is 0 Å². The van der Waals surface area contributed by atoms with E-state index in [9.17, 15) is 4.79 Å². The molecule has 0 aromatic rings. The molecular weight excluding hydrogens is 114 g/mol. The molecule has 0 bridgehead atoms. The molecule has 1 unspecified atom stereocenters. The summed E-state index contributed by atoms with van der Waals surface area (Å²) in [6, 6.07) is 0. The highest BCUT2D eigenvalue weighted by molar-refractivity contribution is 5.78. The van der Waals surface area contributed by atoms with Gasteiger partial charge in [-0.3, -0.25) is 4.79 Å². The van der Waals surface area contributed by atoms with Crippen LogP contribution in [-0.4, -0.2) is 5.91 Å². The van der Waals surface area contributed by atoms with Crippen molar-refractivity contribution in [2.24, 2.45) is 5.92 Å². The zero-order valence-corrected chi connectivity index (χ0v) is 6.27. The topological polar surface area (TPSA) is 29.1 Å². The fourth-order valence-electron chi connectivity index (χ4n) is 0.470. The molecule has 0 aromatic carbocycles. The molecule has 0 heterocycles. The van der Waals surface area contributed by atoms with Crippen LogP contribution in [0.15, 0.2) is 0 Å². The maximum Gasteiger partial charge on any atom is 0.223 e. The van der Waals surface area contributed by atoms with Crippen molar-refractivity contribution in [2.45, 2.75) is 27.2 Å². The van der Waals surface area contributed by atoms with Crippen LogP contribution < -0.4 is 5.32 Å². The number of hydrogen-bond donors (Lipinski definition) is 1. The van der Waals surface area contributed by atoms with Gasteiger partial charge in [0.15, 0.2) is 0 Å². The molecule has 53 valence electrons. The first-order chi connectivity index (χ1) is 4.22. The van der Waals surface area contributed by atoms with Gasteiger partial charge < -0.3 is 5.32 Å². The quantitative estimate of drug-likeness (QED) is 0.610. The summed E-state index contributed by atoms with van der Waals surface area (Å²) in [5, 5.41) is 2.63. The monoisotopic (exact) mass is 128 g/mol. The molecule has 0 aromatic heterocycles. The summed E-state index contributed by atoms with van der Waals surface area (Å²) < 4.78 is 0. The minimum absolute atomic E-state index is 0.111. The molecule has 1 amide bonds. The summed E-state index contributed by atoms with van der Waals surface area (Å²) in [7, 11) is 0. The molecule has 1 atom stereocenters. The Balaban J connectivity index is 3.46. The van der Waals surface area contributed by atoms with Crippen LogP contribution in [0.3, 0.4) is 0 Å². The fourth-order valence-corrected chi connectivity index (χ4v) is 0.470. The maximum atomic E-state index is 10.8. The molecule has 9 heavy (non-hydrogen) atoms. The van der Waals surface area contributed by atoms with Crippen LogP contribution in [0.5, 0.6) is 0 Å². The largest absolute Gasteiger partial charge is 0.351 e. The van der Waals surface area contributed by atoms with Gasteiger partial charge in [0.2, 0.25) is 5.91 Å². The van der Waals surface area contributed by atoms with Crippen molar-refractivity contribution in [1.82, 2.24) is 5.32 Å². The molecule has 0 spiro atoms. The zero-order chi connectivity index (χ0) is 7.28. The van der Waals surface area contributed by atoms with Gasteiger partial charge in [0.05, 0.1) is 0 Å². The summed E-state index contributed by atoms with van der Waals surface area (Å²) in [5.74, 6) is 0.251. The maximum absolute atomic E-state index is 10.8. The third kappa shape index (κ3) is 3.12. The molecule has 0 saturated carbocycles. The van der Waals surface area contributed by atoms with Gasteiger partial charge in [-0.1, -0.05) is 13.8 Å². The summed E-state index contributed by atoms with van der Waals surface area (Å²) in [4.78, 5) is 10.8. The van der Waals surface area contributed by atoms with Crippen molar-refractivity contribution >= 4 is 5.91 Å². The van der Waals surface area contributed by atoms with E-state index in [-0.39, 0.29) is 11.8 Å². The van der Waals surface area contributed by atoms with E-state index in [1.807, 2.05) is 13.8 Å². The number of hydrogen-bond acceptors (Lipinski definition) is 1. The van der Waals surface area contributed by atoms with Crippen LogP contribution in [-0.2, 0) is 4.79 Å². The highest BCUT2D eigenvalue weighted by atomic mass is 16.1. The van der Waals surface area contributed by atoms with Crippen molar-refractivity contribution in [3.05, 3.63) is 6.54 Å². The number of amides is 1. The Morgan fingerprint density at radius 3 is 2.67 bits per heavy atom. The Bertz CT molecular complexity index is 90.9. The number of carbonyl (C=O) groups is 1. The van der Waals surface area contributed by atoms with Crippen LogP contribution in [0.25, 0.3) is 0 Å². The minimum atomic E-state index is 0.111. The molecule has 0 aliphatic heterocycles. The Kier molecular flexibility index (Phi) is 4.10. The Morgan fingerprint density at radius 1 is 1.78 bits per heavy atom. The van der Waals surface area contributed by atoms with Crippen molar-refractivity contribution < 1.29 is 4.79 Å². The average Bonchev–Trinajstić information content (AvgIpc) is 1.87. The normalized spacial score (nSPS) is 12.8. The second kappa shape index (κ2) is 4.36. The summed E-state index contributed by atoms with van der Waals surface area (Å²) in [5.41, 5.74) is 0. The predicted octanol–water partition coefficient (Wildman–Crippen LogP) is 1.33. The van der Waals surface area contributed by atoms with Gasteiger partial charge in [-0.2, -0.15) is 0 Å². The summed E-state index contributed by atoms with van der Waals surface area (Å²) in [6.07, 6.45) is 0.902. The van der Waals surface area contributed by atoms with Gasteiger partial charge in [-0.05, 0) is 13.3 Å². The lowest BCUT2D eigenvalue weighted by atomic mass is 10.1. The van der Waals surface area contributed by atoms with E-state index in [1.165, 1.54) is 0 Å². The second-order valence-electron chi connectivity index (χ2n) is 2.11. The van der Waals surface area contributed by atoms with Crippen molar-refractivity contribution in [3.8, 4) is 0 Å². The lowest BCUT2D eigenvalue weighted by molar-refractivity contribution is -0.123. The minimum Gasteiger partial charge on any atom is -0.351 e. The highest BCUT2D eigenvalue weighted by Crippen LogP contribution is 1.98. The van der Waals surface area contributed by atoms with E-state index in [2.05, 4.69) is 5.32 Å². The van der Waals surface area contributed by atoms with Gasteiger partial charge in [0.25, 0.3) is 0 Å². The molecule has 1 radical (unpaired) electrons. The lowest BCUT2D eigenvalue weighted by Gasteiger charge is -2.06. The molecule has 0 fully saturated rings. The molecule has 2 nitrogen and oxygen atoms in total. The van der Waals surface area contributed by atoms with Gasteiger partial charge in [-0.25, -0.2) is 0 Å². The predicted molar refractivity (Wildman–Crippen MR) is 37.6 cm³/mol. The van der Waals surface area contributed by atoms with Crippen LogP contribution in [0.1, 0.15) is 27.2 Å². The molecular formula is C7H14NO. The van der Waals surface area contributed by atoms with Crippen LogP contribution in [0.4, 0.5) is 0 Å². The van der Waals surface area contributed by atoms with Crippen LogP contribution in [0.2, 0.25) is 0 Å². The second-order valence-corrected chi connectivity index (χ2v) is 2.11. The van der Waals surface area contributed by atoms with Crippen molar-refractivity contribution in [3.63, 3.8) is 0 Å². The summed E-state index contributed by atoms with van der Waals surface area (Å²) in [6.45, 7) is 7.38. The first-order valence-electron chi connectivity index (χ1n) is 3.30. The smallest absolute Gasteiger partial charge is 0.223 e. The fraction of sp³-hybridized carbons (Fsp3) is 0.714. The average molecular weight is 128 g/mol. The van der Waals surface area contributed by atoms with Crippen LogP contribution >= 0.6 is 0 Å². The highest BCUT2D eigenvalue weighted by Gasteiger charge is 2.07. The molecule has 2 heteroatoms. The zero-order valence-electron chi connectivity index (χ0n) is 6.27. The van der Waals surface area contributed by atoms with E-state index in [0.717, 1.165) is 6.42 Å². The van der Waals surface area contributed by atoms with E-state index >= 15 is 0 Å². The number of carbonyl (C=O) groups excluding carboxylic acids is 1. The van der Waals surface area contributed by atoms with Crippen molar-refractivity contribution in [1.29, 1.82) is 0 Å². The lowest BCUT2D eigenvalue weighted by Crippen LogP contribution is -2.25. The Morgan fingerprint density at radius 2 is 2.33 bits per heavy atom. The Hall–Kier alpha value is -0.530. The molecule has 0 rings (SSSR count). The van der Waals surface area contributed by atoms with E-state index in [1.54, 1.807) is 13.5 Å². The third-order valence-corrected chi connectivity index (χ3v) is 1.35. The Labute approximate surface area is 56.6 Å². The number of nitrogens with one attached hydrogen (secondary N) is 1.